The molecule has 2 amide bonds. The van der Waals surface area contributed by atoms with Gasteiger partial charge in [-0.2, -0.15) is 0 Å². The summed E-state index contributed by atoms with van der Waals surface area (Å²) in [7, 11) is 1.57. The number of nitrogens with one attached hydrogen (secondary N) is 2. The Balaban J connectivity index is 2.00. The molecule has 0 aliphatic rings. The summed E-state index contributed by atoms with van der Waals surface area (Å²) >= 11 is 6.01. The Kier molecular flexibility index (Phi) is 5.33. The largest absolute Gasteiger partial charge is 0.355 e. The first-order chi connectivity index (χ1) is 10.6. The number of hydrogen-bond acceptors (Lipinski definition) is 2. The molecule has 0 heterocycles. The van der Waals surface area contributed by atoms with Crippen molar-refractivity contribution >= 4 is 35.2 Å². The molecule has 0 saturated carbocycles. The highest BCUT2D eigenvalue weighted by Gasteiger charge is 2.03. The molecule has 0 atom stereocenters. The molecule has 0 aromatic heterocycles. The van der Waals surface area contributed by atoms with Gasteiger partial charge >= 0.3 is 0 Å². The lowest BCUT2D eigenvalue weighted by Gasteiger charge is -2.04. The van der Waals surface area contributed by atoms with Crippen LogP contribution in [0, 0.1) is 0 Å². The zero-order chi connectivity index (χ0) is 15.9. The number of rotatable bonds is 4. The predicted molar refractivity (Wildman–Crippen MR) is 88.9 cm³/mol. The number of amides is 2. The van der Waals surface area contributed by atoms with Crippen molar-refractivity contribution in [1.82, 2.24) is 5.32 Å². The molecule has 5 heteroatoms. The molecule has 4 nitrogen and oxygen atoms in total. The van der Waals surface area contributed by atoms with Crippen LogP contribution in [0.5, 0.6) is 0 Å². The van der Waals surface area contributed by atoms with Gasteiger partial charge in [-0.1, -0.05) is 29.8 Å². The van der Waals surface area contributed by atoms with Gasteiger partial charge in [0, 0.05) is 29.4 Å². The van der Waals surface area contributed by atoms with Gasteiger partial charge in [0.15, 0.2) is 0 Å². The van der Waals surface area contributed by atoms with E-state index in [4.69, 9.17) is 11.6 Å². The minimum absolute atomic E-state index is 0.170. The summed E-state index contributed by atoms with van der Waals surface area (Å²) in [5.74, 6) is -0.441. The van der Waals surface area contributed by atoms with Crippen molar-refractivity contribution in [3.63, 3.8) is 0 Å². The lowest BCUT2D eigenvalue weighted by Crippen LogP contribution is -2.17. The van der Waals surface area contributed by atoms with Crippen molar-refractivity contribution in [3.8, 4) is 0 Å². The summed E-state index contributed by atoms with van der Waals surface area (Å²) in [5, 5.41) is 5.84. The van der Waals surface area contributed by atoms with E-state index >= 15 is 0 Å². The molecule has 0 unspecified atom stereocenters. The number of hydrogen-bond donors (Lipinski definition) is 2. The highest BCUT2D eigenvalue weighted by molar-refractivity contribution is 6.32. The Morgan fingerprint density at radius 3 is 2.36 bits per heavy atom. The Hall–Kier alpha value is -2.59. The maximum absolute atomic E-state index is 11.9. The van der Waals surface area contributed by atoms with Crippen LogP contribution in [0.3, 0.4) is 0 Å². The third-order valence-corrected chi connectivity index (χ3v) is 3.31. The maximum atomic E-state index is 11.9. The average Bonchev–Trinajstić information content (AvgIpc) is 2.54. The number of carbonyl (C=O) groups excluding carboxylic acids is 2. The van der Waals surface area contributed by atoms with Crippen LogP contribution in [0.2, 0.25) is 5.02 Å². The summed E-state index contributed by atoms with van der Waals surface area (Å²) in [4.78, 5) is 23.3. The van der Waals surface area contributed by atoms with E-state index in [1.807, 2.05) is 18.2 Å². The first-order valence-corrected chi connectivity index (χ1v) is 7.03. The summed E-state index contributed by atoms with van der Waals surface area (Å²) < 4.78 is 0. The van der Waals surface area contributed by atoms with Crippen LogP contribution in [0.4, 0.5) is 5.69 Å². The van der Waals surface area contributed by atoms with Crippen LogP contribution >= 0.6 is 11.6 Å². The number of halogens is 1. The van der Waals surface area contributed by atoms with Crippen molar-refractivity contribution in [2.24, 2.45) is 0 Å². The predicted octanol–water partition coefficient (Wildman–Crippen LogP) is 3.35. The van der Waals surface area contributed by atoms with Crippen LogP contribution in [0.25, 0.3) is 6.08 Å². The molecule has 2 aromatic rings. The van der Waals surface area contributed by atoms with Gasteiger partial charge in [0.2, 0.25) is 5.91 Å². The van der Waals surface area contributed by atoms with E-state index in [2.05, 4.69) is 10.6 Å². The molecular weight excluding hydrogens is 300 g/mol. The van der Waals surface area contributed by atoms with Crippen LogP contribution in [0.15, 0.2) is 54.6 Å². The second kappa shape index (κ2) is 7.43. The molecule has 112 valence electrons. The Morgan fingerprint density at radius 2 is 1.73 bits per heavy atom. The van der Waals surface area contributed by atoms with Crippen molar-refractivity contribution < 1.29 is 9.59 Å². The minimum atomic E-state index is -0.271. The van der Waals surface area contributed by atoms with Gasteiger partial charge in [0.25, 0.3) is 5.91 Å². The smallest absolute Gasteiger partial charge is 0.251 e. The van der Waals surface area contributed by atoms with Crippen molar-refractivity contribution in [1.29, 1.82) is 0 Å². The van der Waals surface area contributed by atoms with Crippen LogP contribution in [0.1, 0.15) is 15.9 Å². The Bertz CT molecular complexity index is 709. The van der Waals surface area contributed by atoms with Gasteiger partial charge in [0.05, 0.1) is 0 Å². The molecule has 0 spiro atoms. The van der Waals surface area contributed by atoms with Crippen molar-refractivity contribution in [3.05, 3.63) is 70.8 Å². The van der Waals surface area contributed by atoms with E-state index in [0.29, 0.717) is 16.3 Å². The fourth-order valence-corrected chi connectivity index (χ4v) is 2.01. The molecule has 0 aliphatic carbocycles. The minimum Gasteiger partial charge on any atom is -0.355 e. The Morgan fingerprint density at radius 1 is 1.05 bits per heavy atom. The summed E-state index contributed by atoms with van der Waals surface area (Å²) in [6.07, 6.45) is 3.06. The quantitative estimate of drug-likeness (QED) is 0.850. The van der Waals surface area contributed by atoms with E-state index in [0.717, 1.165) is 5.56 Å². The van der Waals surface area contributed by atoms with Gasteiger partial charge in [-0.25, -0.2) is 0 Å². The lowest BCUT2D eigenvalue weighted by atomic mass is 10.2. The van der Waals surface area contributed by atoms with Crippen molar-refractivity contribution in [2.45, 2.75) is 0 Å². The van der Waals surface area contributed by atoms with Gasteiger partial charge in [-0.15, -0.1) is 0 Å². The molecule has 2 rings (SSSR count). The van der Waals surface area contributed by atoms with E-state index in [1.54, 1.807) is 43.5 Å². The van der Waals surface area contributed by atoms with E-state index in [1.165, 1.54) is 6.08 Å². The first-order valence-electron chi connectivity index (χ1n) is 6.66. The van der Waals surface area contributed by atoms with Gasteiger partial charge < -0.3 is 10.6 Å². The van der Waals surface area contributed by atoms with E-state index in [-0.39, 0.29) is 11.8 Å². The van der Waals surface area contributed by atoms with E-state index < -0.39 is 0 Å². The summed E-state index contributed by atoms with van der Waals surface area (Å²) in [6.45, 7) is 0. The molecule has 0 radical (unpaired) electrons. The van der Waals surface area contributed by atoms with Gasteiger partial charge in [-0.05, 0) is 42.0 Å². The topological polar surface area (TPSA) is 58.2 Å². The molecular formula is C17H15ClN2O2. The fraction of sp³-hybridized carbons (Fsp3) is 0.0588. The summed E-state index contributed by atoms with van der Waals surface area (Å²) in [6, 6.07) is 13.9. The molecule has 0 aliphatic heterocycles. The highest BCUT2D eigenvalue weighted by atomic mass is 35.5. The molecule has 0 saturated heterocycles. The molecule has 0 fully saturated rings. The van der Waals surface area contributed by atoms with Crippen LogP contribution in [-0.2, 0) is 4.79 Å². The molecule has 2 aromatic carbocycles. The third-order valence-electron chi connectivity index (χ3n) is 2.96. The lowest BCUT2D eigenvalue weighted by molar-refractivity contribution is -0.111. The summed E-state index contributed by atoms with van der Waals surface area (Å²) in [5.41, 5.74) is 1.92. The van der Waals surface area contributed by atoms with Crippen molar-refractivity contribution in [2.75, 3.05) is 12.4 Å². The fourth-order valence-electron chi connectivity index (χ4n) is 1.81. The maximum Gasteiger partial charge on any atom is 0.251 e. The number of anilines is 1. The van der Waals surface area contributed by atoms with Crippen LogP contribution < -0.4 is 10.6 Å². The second-order valence-electron chi connectivity index (χ2n) is 4.50. The molecule has 2 N–H and O–H groups in total. The zero-order valence-electron chi connectivity index (χ0n) is 12.0. The number of benzene rings is 2. The molecule has 22 heavy (non-hydrogen) atoms. The van der Waals surface area contributed by atoms with Gasteiger partial charge in [-0.3, -0.25) is 9.59 Å². The normalized spacial score (nSPS) is 10.5. The Labute approximate surface area is 133 Å². The highest BCUT2D eigenvalue weighted by Crippen LogP contribution is 2.16. The van der Waals surface area contributed by atoms with Gasteiger partial charge in [0.1, 0.15) is 0 Å². The number of carbonyl (C=O) groups is 2. The monoisotopic (exact) mass is 314 g/mol. The third kappa shape index (κ3) is 4.20. The first kappa shape index (κ1) is 15.8. The second-order valence-corrected chi connectivity index (χ2v) is 4.91. The van der Waals surface area contributed by atoms with Crippen LogP contribution in [-0.4, -0.2) is 18.9 Å². The van der Waals surface area contributed by atoms with E-state index in [9.17, 15) is 9.59 Å². The SMILES string of the molecule is CNC(=O)c1ccc(NC(=O)/C=C/c2ccccc2Cl)cc1. The zero-order valence-corrected chi connectivity index (χ0v) is 12.7. The standard InChI is InChI=1S/C17H15ClN2O2/c1-19-17(22)13-6-9-14(10-7-13)20-16(21)11-8-12-4-2-3-5-15(12)18/h2-11H,1H3,(H,19,22)(H,20,21)/b11-8+. The molecule has 0 bridgehead atoms. The average molecular weight is 315 g/mol.